The fourth-order valence-electron chi connectivity index (χ4n) is 2.56. The highest BCUT2D eigenvalue weighted by Gasteiger charge is 2.09. The van der Waals surface area contributed by atoms with Gasteiger partial charge in [-0.1, -0.05) is 49.8 Å². The van der Waals surface area contributed by atoms with E-state index in [4.69, 9.17) is 4.99 Å². The van der Waals surface area contributed by atoms with Gasteiger partial charge in [0.1, 0.15) is 0 Å². The van der Waals surface area contributed by atoms with Crippen LogP contribution in [0, 0.1) is 5.92 Å². The lowest BCUT2D eigenvalue weighted by atomic mass is 9.95. The van der Waals surface area contributed by atoms with Gasteiger partial charge < -0.3 is 0 Å². The summed E-state index contributed by atoms with van der Waals surface area (Å²) in [6.07, 6.45) is 9.45. The van der Waals surface area contributed by atoms with Crippen LogP contribution in [0.4, 0.5) is 0 Å². The third kappa shape index (κ3) is 3.93. The minimum atomic E-state index is 0.633. The molecular formula is C19H25N. The molecule has 0 N–H and O–H groups in total. The Morgan fingerprint density at radius 1 is 1.05 bits per heavy atom. The molecule has 2 rings (SSSR count). The summed E-state index contributed by atoms with van der Waals surface area (Å²) in [6.45, 7) is 6.69. The van der Waals surface area contributed by atoms with E-state index in [0.29, 0.717) is 5.92 Å². The van der Waals surface area contributed by atoms with Crippen molar-refractivity contribution in [1.82, 2.24) is 0 Å². The summed E-state index contributed by atoms with van der Waals surface area (Å²) < 4.78 is 0. The lowest BCUT2D eigenvalue weighted by Crippen LogP contribution is -2.01. The van der Waals surface area contributed by atoms with E-state index in [0.717, 1.165) is 12.1 Å². The molecule has 1 aromatic carbocycles. The predicted octanol–water partition coefficient (Wildman–Crippen LogP) is 5.54. The van der Waals surface area contributed by atoms with Crippen molar-refractivity contribution in [3.05, 3.63) is 59.3 Å². The van der Waals surface area contributed by atoms with Crippen LogP contribution in [0.2, 0.25) is 0 Å². The van der Waals surface area contributed by atoms with Gasteiger partial charge in [0.15, 0.2) is 0 Å². The Hall–Kier alpha value is -1.63. The van der Waals surface area contributed by atoms with E-state index in [1.807, 2.05) is 0 Å². The first-order valence-corrected chi connectivity index (χ1v) is 7.66. The smallest absolute Gasteiger partial charge is 0.0701 e. The Morgan fingerprint density at radius 2 is 1.80 bits per heavy atom. The quantitative estimate of drug-likeness (QED) is 0.634. The number of allylic oxidation sites excluding steroid dienone is 4. The molecule has 1 aromatic rings. The van der Waals surface area contributed by atoms with Crippen molar-refractivity contribution in [3.63, 3.8) is 0 Å². The number of benzene rings is 1. The van der Waals surface area contributed by atoms with Crippen LogP contribution in [0.1, 0.15) is 52.0 Å². The number of hydrogen-bond donors (Lipinski definition) is 0. The molecule has 0 amide bonds. The SMILES string of the molecule is CC1=C(/C)C(C)CCCC/C=C/C(c2ccccc2)=N\1. The average molecular weight is 267 g/mol. The molecule has 0 radical (unpaired) electrons. The van der Waals surface area contributed by atoms with Crippen molar-refractivity contribution >= 4 is 5.71 Å². The first-order valence-electron chi connectivity index (χ1n) is 7.66. The topological polar surface area (TPSA) is 12.4 Å². The van der Waals surface area contributed by atoms with Gasteiger partial charge in [0, 0.05) is 11.3 Å². The third-order valence-corrected chi connectivity index (χ3v) is 4.20. The first-order chi connectivity index (χ1) is 9.68. The fourth-order valence-corrected chi connectivity index (χ4v) is 2.56. The Balaban J connectivity index is 2.41. The summed E-state index contributed by atoms with van der Waals surface area (Å²) >= 11 is 0. The van der Waals surface area contributed by atoms with Gasteiger partial charge in [-0.15, -0.1) is 0 Å². The average Bonchev–Trinajstić information content (AvgIpc) is 2.50. The van der Waals surface area contributed by atoms with Gasteiger partial charge in [-0.25, -0.2) is 0 Å². The molecular weight excluding hydrogens is 242 g/mol. The summed E-state index contributed by atoms with van der Waals surface area (Å²) in [4.78, 5) is 4.89. The van der Waals surface area contributed by atoms with Crippen LogP contribution in [0.3, 0.4) is 0 Å². The Morgan fingerprint density at radius 3 is 2.55 bits per heavy atom. The van der Waals surface area contributed by atoms with Gasteiger partial charge in [0.2, 0.25) is 0 Å². The third-order valence-electron chi connectivity index (χ3n) is 4.20. The van der Waals surface area contributed by atoms with E-state index in [-0.39, 0.29) is 0 Å². The highest BCUT2D eigenvalue weighted by atomic mass is 14.8. The maximum Gasteiger partial charge on any atom is 0.0701 e. The molecule has 0 aromatic heterocycles. The maximum atomic E-state index is 4.89. The van der Waals surface area contributed by atoms with Gasteiger partial charge in [-0.05, 0) is 50.7 Å². The molecule has 1 nitrogen and oxygen atoms in total. The lowest BCUT2D eigenvalue weighted by Gasteiger charge is -2.13. The van der Waals surface area contributed by atoms with Gasteiger partial charge in [-0.3, -0.25) is 4.99 Å². The van der Waals surface area contributed by atoms with Gasteiger partial charge in [-0.2, -0.15) is 0 Å². The maximum absolute atomic E-state index is 4.89. The zero-order valence-electron chi connectivity index (χ0n) is 12.9. The zero-order chi connectivity index (χ0) is 14.4. The lowest BCUT2D eigenvalue weighted by molar-refractivity contribution is 0.557. The summed E-state index contributed by atoms with van der Waals surface area (Å²) in [5.41, 5.74) is 4.87. The number of aliphatic imine (C=N–C) groups is 1. The van der Waals surface area contributed by atoms with Crippen LogP contribution in [0.5, 0.6) is 0 Å². The van der Waals surface area contributed by atoms with Crippen molar-refractivity contribution in [2.45, 2.75) is 46.5 Å². The summed E-state index contributed by atoms with van der Waals surface area (Å²) in [7, 11) is 0. The number of rotatable bonds is 1. The highest BCUT2D eigenvalue weighted by molar-refractivity contribution is 6.09. The second kappa shape index (κ2) is 7.23. The minimum absolute atomic E-state index is 0.633. The fraction of sp³-hybridized carbons (Fsp3) is 0.421. The standard InChI is InChI=1S/C19H25N/c1-15-11-7-4-5-10-14-19(20-17(3)16(15)2)18-12-8-6-9-13-18/h6,8-10,12-15H,4-5,7,11H2,1-3H3/b14-10+,17-16+,20-19+. The summed E-state index contributed by atoms with van der Waals surface area (Å²) in [5, 5.41) is 0. The van der Waals surface area contributed by atoms with Crippen LogP contribution < -0.4 is 0 Å². The number of hydrogen-bond acceptors (Lipinski definition) is 1. The zero-order valence-corrected chi connectivity index (χ0v) is 12.9. The molecule has 1 aliphatic heterocycles. The molecule has 20 heavy (non-hydrogen) atoms. The molecule has 0 fully saturated rings. The highest BCUT2D eigenvalue weighted by Crippen LogP contribution is 2.23. The van der Waals surface area contributed by atoms with Crippen LogP contribution >= 0.6 is 0 Å². The van der Waals surface area contributed by atoms with E-state index in [2.05, 4.69) is 63.3 Å². The molecule has 1 atom stereocenters. The summed E-state index contributed by atoms with van der Waals surface area (Å²) in [6, 6.07) is 10.5. The van der Waals surface area contributed by atoms with Crippen molar-refractivity contribution in [3.8, 4) is 0 Å². The molecule has 0 bridgehead atoms. The van der Waals surface area contributed by atoms with Crippen LogP contribution in [-0.4, -0.2) is 5.71 Å². The molecule has 0 saturated heterocycles. The van der Waals surface area contributed by atoms with Crippen molar-refractivity contribution in [1.29, 1.82) is 0 Å². The van der Waals surface area contributed by atoms with Gasteiger partial charge >= 0.3 is 0 Å². The van der Waals surface area contributed by atoms with E-state index in [1.54, 1.807) is 0 Å². The van der Waals surface area contributed by atoms with Crippen LogP contribution in [-0.2, 0) is 0 Å². The largest absolute Gasteiger partial charge is 0.253 e. The van der Waals surface area contributed by atoms with Crippen molar-refractivity contribution in [2.24, 2.45) is 10.9 Å². The minimum Gasteiger partial charge on any atom is -0.253 e. The van der Waals surface area contributed by atoms with Gasteiger partial charge in [0.25, 0.3) is 0 Å². The van der Waals surface area contributed by atoms with E-state index >= 15 is 0 Å². The van der Waals surface area contributed by atoms with Crippen molar-refractivity contribution in [2.75, 3.05) is 0 Å². The second-order valence-electron chi connectivity index (χ2n) is 5.72. The first kappa shape index (κ1) is 14.8. The van der Waals surface area contributed by atoms with E-state index in [9.17, 15) is 0 Å². The van der Waals surface area contributed by atoms with Crippen LogP contribution in [0.25, 0.3) is 0 Å². The van der Waals surface area contributed by atoms with Gasteiger partial charge in [0.05, 0.1) is 5.71 Å². The normalized spacial score (nSPS) is 29.1. The molecule has 0 spiro atoms. The molecule has 1 unspecified atom stereocenters. The predicted molar refractivity (Wildman–Crippen MR) is 88.1 cm³/mol. The van der Waals surface area contributed by atoms with Crippen molar-refractivity contribution < 1.29 is 0 Å². The van der Waals surface area contributed by atoms with Crippen LogP contribution in [0.15, 0.2) is 58.7 Å². The molecule has 0 aliphatic carbocycles. The Kier molecular flexibility index (Phi) is 5.34. The monoisotopic (exact) mass is 267 g/mol. The molecule has 1 aliphatic rings. The number of nitrogens with zero attached hydrogens (tertiary/aromatic N) is 1. The molecule has 1 heterocycles. The second-order valence-corrected chi connectivity index (χ2v) is 5.72. The molecule has 0 saturated carbocycles. The molecule has 1 heteroatoms. The van der Waals surface area contributed by atoms with E-state index in [1.165, 1.54) is 36.1 Å². The Labute approximate surface area is 123 Å². The van der Waals surface area contributed by atoms with E-state index < -0.39 is 0 Å². The Bertz CT molecular complexity index is 520. The molecule has 106 valence electrons. The summed E-state index contributed by atoms with van der Waals surface area (Å²) in [5.74, 6) is 0.633.